The van der Waals surface area contributed by atoms with Gasteiger partial charge >= 0.3 is 6.18 Å². The molecular weight excluding hydrogens is 385 g/mol. The lowest BCUT2D eigenvalue weighted by Crippen LogP contribution is -2.45. The molecule has 0 unspecified atom stereocenters. The minimum Gasteiger partial charge on any atom is -0.493 e. The Balaban J connectivity index is 1.93. The highest BCUT2D eigenvalue weighted by atomic mass is 19.4. The number of amides is 1. The summed E-state index contributed by atoms with van der Waals surface area (Å²) in [7, 11) is 3.12. The van der Waals surface area contributed by atoms with Crippen molar-refractivity contribution in [2.45, 2.75) is 18.6 Å². The van der Waals surface area contributed by atoms with E-state index in [1.54, 1.807) is 14.2 Å². The quantitative estimate of drug-likeness (QED) is 0.797. The van der Waals surface area contributed by atoms with E-state index in [1.165, 1.54) is 0 Å². The number of hydrogen-bond acceptors (Lipinski definition) is 4. The molecule has 1 aliphatic rings. The molecule has 0 spiro atoms. The number of nitrogens with one attached hydrogen (secondary N) is 1. The summed E-state index contributed by atoms with van der Waals surface area (Å²) in [5, 5.41) is 1.96. The average Bonchev–Trinajstić information content (AvgIpc) is 2.71. The van der Waals surface area contributed by atoms with Crippen LogP contribution in [0.5, 0.6) is 11.5 Å². The van der Waals surface area contributed by atoms with E-state index < -0.39 is 18.6 Å². The zero-order valence-electron chi connectivity index (χ0n) is 16.3. The van der Waals surface area contributed by atoms with E-state index in [1.807, 2.05) is 52.7 Å². The van der Waals surface area contributed by atoms with Gasteiger partial charge in [-0.15, -0.1) is 0 Å². The van der Waals surface area contributed by atoms with Crippen LogP contribution in [-0.4, -0.2) is 50.8 Å². The molecule has 0 radical (unpaired) electrons. The van der Waals surface area contributed by atoms with Gasteiger partial charge in [0.25, 0.3) is 0 Å². The van der Waals surface area contributed by atoms with Crippen LogP contribution < -0.4 is 14.8 Å². The molecule has 0 aromatic heterocycles. The van der Waals surface area contributed by atoms with Gasteiger partial charge in [-0.25, -0.2) is 0 Å². The van der Waals surface area contributed by atoms with Crippen LogP contribution in [0.3, 0.4) is 0 Å². The zero-order chi connectivity index (χ0) is 21.0. The van der Waals surface area contributed by atoms with Gasteiger partial charge in [-0.3, -0.25) is 9.69 Å². The van der Waals surface area contributed by atoms with Gasteiger partial charge < -0.3 is 14.8 Å². The average molecular weight is 408 g/mol. The van der Waals surface area contributed by atoms with Crippen LogP contribution in [0.1, 0.15) is 22.7 Å². The molecular formula is C21H23F3N2O3. The first-order chi connectivity index (χ1) is 13.8. The van der Waals surface area contributed by atoms with Gasteiger partial charge in [0.2, 0.25) is 5.91 Å². The number of carbonyl (C=O) groups excluding carboxylic acids is 1. The van der Waals surface area contributed by atoms with Crippen molar-refractivity contribution < 1.29 is 27.4 Å². The summed E-state index contributed by atoms with van der Waals surface area (Å²) in [6.45, 7) is -0.942. The molecule has 1 heterocycles. The van der Waals surface area contributed by atoms with Crippen molar-refractivity contribution >= 4 is 5.91 Å². The van der Waals surface area contributed by atoms with Gasteiger partial charge in [0.15, 0.2) is 11.5 Å². The van der Waals surface area contributed by atoms with Crippen molar-refractivity contribution in [2.24, 2.45) is 0 Å². The second kappa shape index (κ2) is 8.73. The topological polar surface area (TPSA) is 50.8 Å². The number of carbonyl (C=O) groups is 1. The zero-order valence-corrected chi connectivity index (χ0v) is 16.3. The summed E-state index contributed by atoms with van der Waals surface area (Å²) >= 11 is 0. The van der Waals surface area contributed by atoms with Gasteiger partial charge in [0.05, 0.1) is 26.8 Å². The lowest BCUT2D eigenvalue weighted by molar-refractivity contribution is -0.139. The van der Waals surface area contributed by atoms with Crippen LogP contribution >= 0.6 is 0 Å². The molecule has 0 aliphatic carbocycles. The number of methoxy groups -OCH3 is 2. The molecule has 29 heavy (non-hydrogen) atoms. The van der Waals surface area contributed by atoms with E-state index in [0.717, 1.165) is 16.7 Å². The first-order valence-electron chi connectivity index (χ1n) is 9.19. The Hall–Kier alpha value is -2.74. The maximum atomic E-state index is 12.4. The number of hydrogen-bond donors (Lipinski definition) is 1. The highest BCUT2D eigenvalue weighted by molar-refractivity contribution is 5.78. The van der Waals surface area contributed by atoms with Crippen molar-refractivity contribution in [3.8, 4) is 11.5 Å². The van der Waals surface area contributed by atoms with Crippen LogP contribution in [0.2, 0.25) is 0 Å². The predicted molar refractivity (Wildman–Crippen MR) is 102 cm³/mol. The van der Waals surface area contributed by atoms with Crippen molar-refractivity contribution in [1.82, 2.24) is 10.2 Å². The normalized spacial score (nSPS) is 16.8. The third kappa shape index (κ3) is 5.00. The summed E-state index contributed by atoms with van der Waals surface area (Å²) in [5.74, 6) is 0.525. The monoisotopic (exact) mass is 408 g/mol. The molecule has 0 bridgehead atoms. The molecule has 2 aromatic rings. The fourth-order valence-corrected chi connectivity index (χ4v) is 3.63. The van der Waals surface area contributed by atoms with Crippen molar-refractivity contribution in [3.63, 3.8) is 0 Å². The maximum Gasteiger partial charge on any atom is 0.405 e. The van der Waals surface area contributed by atoms with E-state index in [-0.39, 0.29) is 12.6 Å². The molecule has 1 amide bonds. The Labute approximate surface area is 167 Å². The van der Waals surface area contributed by atoms with Crippen LogP contribution in [0.25, 0.3) is 0 Å². The van der Waals surface area contributed by atoms with Gasteiger partial charge in [-0.05, 0) is 35.2 Å². The number of benzene rings is 2. The number of alkyl halides is 3. The number of rotatable bonds is 6. The third-order valence-corrected chi connectivity index (χ3v) is 4.92. The van der Waals surface area contributed by atoms with Crippen molar-refractivity contribution in [3.05, 3.63) is 59.2 Å². The molecule has 0 saturated heterocycles. The molecule has 1 N–H and O–H groups in total. The van der Waals surface area contributed by atoms with Crippen LogP contribution in [-0.2, 0) is 11.2 Å². The van der Waals surface area contributed by atoms with Crippen molar-refractivity contribution in [1.29, 1.82) is 0 Å². The molecule has 156 valence electrons. The number of halogens is 3. The highest BCUT2D eigenvalue weighted by Crippen LogP contribution is 2.40. The fraction of sp³-hybridized carbons (Fsp3) is 0.381. The van der Waals surface area contributed by atoms with Gasteiger partial charge in [-0.2, -0.15) is 13.2 Å². The maximum absolute atomic E-state index is 12.4. The van der Waals surface area contributed by atoms with E-state index in [9.17, 15) is 18.0 Å². The first-order valence-corrected chi connectivity index (χ1v) is 9.19. The summed E-state index contributed by atoms with van der Waals surface area (Å²) in [6.07, 6.45) is -3.79. The Morgan fingerprint density at radius 2 is 1.79 bits per heavy atom. The lowest BCUT2D eigenvalue weighted by Gasteiger charge is -2.37. The second-order valence-electron chi connectivity index (χ2n) is 6.83. The van der Waals surface area contributed by atoms with Gasteiger partial charge in [0, 0.05) is 6.54 Å². The number of fused-ring (bicyclic) bond motifs is 1. The van der Waals surface area contributed by atoms with Crippen molar-refractivity contribution in [2.75, 3.05) is 33.9 Å². The molecule has 1 aliphatic heterocycles. The summed E-state index contributed by atoms with van der Waals surface area (Å²) in [4.78, 5) is 14.1. The molecule has 0 saturated carbocycles. The Morgan fingerprint density at radius 1 is 1.14 bits per heavy atom. The summed E-state index contributed by atoms with van der Waals surface area (Å²) in [6, 6.07) is 13.1. The van der Waals surface area contributed by atoms with E-state index in [4.69, 9.17) is 9.47 Å². The molecule has 8 heteroatoms. The lowest BCUT2D eigenvalue weighted by atomic mass is 9.87. The third-order valence-electron chi connectivity index (χ3n) is 4.92. The molecule has 2 aromatic carbocycles. The molecule has 5 nitrogen and oxygen atoms in total. The molecule has 3 rings (SSSR count). The fourth-order valence-electron chi connectivity index (χ4n) is 3.63. The minimum absolute atomic E-state index is 0.135. The Kier molecular flexibility index (Phi) is 6.32. The SMILES string of the molecule is COc1cc2c(cc1OC)[C@H](c1ccccc1)N(CC(=O)NCC(F)(F)F)CC2. The minimum atomic E-state index is -4.44. The second-order valence-corrected chi connectivity index (χ2v) is 6.83. The van der Waals surface area contributed by atoms with E-state index in [2.05, 4.69) is 0 Å². The largest absolute Gasteiger partial charge is 0.493 e. The Bertz CT molecular complexity index is 856. The summed E-state index contributed by atoms with van der Waals surface area (Å²) < 4.78 is 48.1. The Morgan fingerprint density at radius 3 is 2.41 bits per heavy atom. The van der Waals surface area contributed by atoms with Gasteiger partial charge in [0.1, 0.15) is 6.54 Å². The first kappa shape index (κ1) is 21.0. The van der Waals surface area contributed by atoms with Crippen LogP contribution in [0.15, 0.2) is 42.5 Å². The summed E-state index contributed by atoms with van der Waals surface area (Å²) in [5.41, 5.74) is 2.96. The molecule has 1 atom stereocenters. The van der Waals surface area contributed by atoms with Crippen LogP contribution in [0, 0.1) is 0 Å². The smallest absolute Gasteiger partial charge is 0.405 e. The number of nitrogens with zero attached hydrogens (tertiary/aromatic N) is 1. The highest BCUT2D eigenvalue weighted by Gasteiger charge is 2.33. The van der Waals surface area contributed by atoms with E-state index in [0.29, 0.717) is 24.5 Å². The molecule has 0 fully saturated rings. The standard InChI is InChI=1S/C21H23F3N2O3/c1-28-17-10-15-8-9-26(12-19(27)25-13-21(22,23)24)20(14-6-4-3-5-7-14)16(15)11-18(17)29-2/h3-7,10-11,20H,8-9,12-13H2,1-2H3,(H,25,27)/t20-/m0/s1. The predicted octanol–water partition coefficient (Wildman–Crippen LogP) is 3.33. The van der Waals surface area contributed by atoms with Crippen LogP contribution in [0.4, 0.5) is 13.2 Å². The number of ether oxygens (including phenoxy) is 2. The van der Waals surface area contributed by atoms with Gasteiger partial charge in [-0.1, -0.05) is 30.3 Å². The van der Waals surface area contributed by atoms with E-state index >= 15 is 0 Å².